The fourth-order valence-corrected chi connectivity index (χ4v) is 9.74. The predicted molar refractivity (Wildman–Crippen MR) is 146 cm³/mol. The highest BCUT2D eigenvalue weighted by atomic mass is 32.2. The number of hydrogen-bond donors (Lipinski definition) is 1. The lowest BCUT2D eigenvalue weighted by atomic mass is 10.2. The van der Waals surface area contributed by atoms with E-state index in [0.717, 1.165) is 58.2 Å². The summed E-state index contributed by atoms with van der Waals surface area (Å²) in [6.45, 7) is 0.816. The topological polar surface area (TPSA) is 126 Å². The van der Waals surface area contributed by atoms with Crippen molar-refractivity contribution in [1.29, 1.82) is 0 Å². The minimum Gasteiger partial charge on any atom is -0.350 e. The Bertz CT molecular complexity index is 1340. The summed E-state index contributed by atoms with van der Waals surface area (Å²) in [7, 11) is -7.96. The van der Waals surface area contributed by atoms with E-state index < -0.39 is 38.5 Å². The molecule has 0 spiro atoms. The number of ether oxygens (including phenoxy) is 1. The van der Waals surface area contributed by atoms with Gasteiger partial charge in [-0.25, -0.2) is 18.7 Å². The van der Waals surface area contributed by atoms with Gasteiger partial charge < -0.3 is 4.74 Å². The van der Waals surface area contributed by atoms with Crippen molar-refractivity contribution >= 4 is 37.5 Å². The fraction of sp³-hybridized carbons (Fsp3) is 0.560. The van der Waals surface area contributed by atoms with Gasteiger partial charge >= 0.3 is 0 Å². The molecule has 0 radical (unpaired) electrons. The number of benzene rings is 1. The first-order chi connectivity index (χ1) is 18.8. The summed E-state index contributed by atoms with van der Waals surface area (Å²) >= 11 is 1.11. The molecule has 14 heteroatoms. The SMILES string of the molecule is O=C(NOC1CCCCO1)C1CN(S(=O)(=O)N2CCCCC2)CCN1S(=O)(=O)c1ccc(-c2ccccc2)s1. The summed E-state index contributed by atoms with van der Waals surface area (Å²) in [6.07, 6.45) is 4.26. The van der Waals surface area contributed by atoms with Crippen LogP contribution < -0.4 is 5.48 Å². The summed E-state index contributed by atoms with van der Waals surface area (Å²) in [4.78, 5) is 19.6. The van der Waals surface area contributed by atoms with Gasteiger partial charge in [0.15, 0.2) is 6.29 Å². The molecule has 4 heterocycles. The molecule has 1 aromatic heterocycles. The lowest BCUT2D eigenvalue weighted by Crippen LogP contribution is -2.63. The second-order valence-corrected chi connectivity index (χ2v) is 15.0. The average molecular weight is 599 g/mol. The van der Waals surface area contributed by atoms with Crippen molar-refractivity contribution in [3.63, 3.8) is 0 Å². The molecule has 1 N–H and O–H groups in total. The van der Waals surface area contributed by atoms with Crippen LogP contribution in [0.15, 0.2) is 46.7 Å². The summed E-state index contributed by atoms with van der Waals surface area (Å²) in [5.41, 5.74) is 3.24. The smallest absolute Gasteiger partial charge is 0.282 e. The molecule has 214 valence electrons. The van der Waals surface area contributed by atoms with Crippen LogP contribution in [0.4, 0.5) is 0 Å². The van der Waals surface area contributed by atoms with Gasteiger partial charge in [-0.05, 0) is 43.4 Å². The third-order valence-electron chi connectivity index (χ3n) is 7.20. The van der Waals surface area contributed by atoms with Crippen LogP contribution in [0.25, 0.3) is 10.4 Å². The molecule has 11 nitrogen and oxygen atoms in total. The summed E-state index contributed by atoms with van der Waals surface area (Å²) in [6, 6.07) is 11.4. The second-order valence-electron chi connectivity index (χ2n) is 9.82. The van der Waals surface area contributed by atoms with Gasteiger partial charge in [-0.2, -0.15) is 21.3 Å². The number of thiophene rings is 1. The first-order valence-corrected chi connectivity index (χ1v) is 16.9. The van der Waals surface area contributed by atoms with E-state index in [1.165, 1.54) is 14.7 Å². The minimum atomic E-state index is -4.11. The number of hydroxylamine groups is 1. The Morgan fingerprint density at radius 3 is 2.38 bits per heavy atom. The van der Waals surface area contributed by atoms with E-state index in [-0.39, 0.29) is 23.8 Å². The highest BCUT2D eigenvalue weighted by Gasteiger charge is 2.45. The summed E-state index contributed by atoms with van der Waals surface area (Å²) in [5, 5.41) is 0. The third kappa shape index (κ3) is 6.38. The molecule has 1 aromatic carbocycles. The lowest BCUT2D eigenvalue weighted by Gasteiger charge is -2.40. The maximum Gasteiger partial charge on any atom is 0.282 e. The molecule has 0 bridgehead atoms. The molecule has 1 amide bonds. The third-order valence-corrected chi connectivity index (χ3v) is 12.7. The molecule has 3 saturated heterocycles. The average Bonchev–Trinajstić information content (AvgIpc) is 3.49. The highest BCUT2D eigenvalue weighted by molar-refractivity contribution is 7.91. The van der Waals surface area contributed by atoms with Gasteiger partial charge in [-0.1, -0.05) is 36.8 Å². The number of hydrogen-bond acceptors (Lipinski definition) is 8. The number of carbonyl (C=O) groups is 1. The highest BCUT2D eigenvalue weighted by Crippen LogP contribution is 2.34. The lowest BCUT2D eigenvalue weighted by molar-refractivity contribution is -0.202. The normalized spacial score (nSPS) is 24.4. The fourth-order valence-electron chi connectivity index (χ4n) is 5.04. The van der Waals surface area contributed by atoms with Gasteiger partial charge in [-0.3, -0.25) is 4.79 Å². The maximum atomic E-state index is 13.8. The molecule has 2 atom stereocenters. The van der Waals surface area contributed by atoms with Gasteiger partial charge in [0.2, 0.25) is 0 Å². The Hall–Kier alpha value is -1.91. The van der Waals surface area contributed by atoms with Crippen LogP contribution in [0.3, 0.4) is 0 Å². The van der Waals surface area contributed by atoms with E-state index in [1.54, 1.807) is 6.07 Å². The number of carbonyl (C=O) groups excluding carboxylic acids is 1. The van der Waals surface area contributed by atoms with Crippen LogP contribution in [0, 0.1) is 0 Å². The number of piperidine rings is 1. The number of nitrogens with one attached hydrogen (secondary N) is 1. The van der Waals surface area contributed by atoms with E-state index in [4.69, 9.17) is 9.57 Å². The first-order valence-electron chi connectivity index (χ1n) is 13.3. The first kappa shape index (κ1) is 28.6. The molecule has 0 aliphatic carbocycles. The van der Waals surface area contributed by atoms with Crippen molar-refractivity contribution in [3.05, 3.63) is 42.5 Å². The number of piperazine rings is 1. The zero-order valence-electron chi connectivity index (χ0n) is 21.6. The van der Waals surface area contributed by atoms with E-state index >= 15 is 0 Å². The molecule has 39 heavy (non-hydrogen) atoms. The Balaban J connectivity index is 1.39. The van der Waals surface area contributed by atoms with Crippen molar-refractivity contribution in [2.45, 2.75) is 55.1 Å². The number of nitrogens with zero attached hydrogens (tertiary/aromatic N) is 3. The van der Waals surface area contributed by atoms with Gasteiger partial charge in [0.05, 0.1) is 0 Å². The van der Waals surface area contributed by atoms with Crippen molar-refractivity contribution < 1.29 is 31.2 Å². The second kappa shape index (κ2) is 12.3. The van der Waals surface area contributed by atoms with Gasteiger partial charge in [-0.15, -0.1) is 11.3 Å². The van der Waals surface area contributed by atoms with Crippen LogP contribution in [-0.2, 0) is 34.6 Å². The predicted octanol–water partition coefficient (Wildman–Crippen LogP) is 2.40. The molecular formula is C25H34N4O7S3. The van der Waals surface area contributed by atoms with Crippen molar-refractivity contribution in [3.8, 4) is 10.4 Å². The Kier molecular flexibility index (Phi) is 9.03. The van der Waals surface area contributed by atoms with Gasteiger partial charge in [0.25, 0.3) is 26.1 Å². The monoisotopic (exact) mass is 598 g/mol. The van der Waals surface area contributed by atoms with E-state index in [9.17, 15) is 21.6 Å². The largest absolute Gasteiger partial charge is 0.350 e. The van der Waals surface area contributed by atoms with E-state index in [0.29, 0.717) is 26.1 Å². The van der Waals surface area contributed by atoms with E-state index in [2.05, 4.69) is 5.48 Å². The molecule has 0 saturated carbocycles. The molecule has 3 fully saturated rings. The van der Waals surface area contributed by atoms with Crippen molar-refractivity contribution in [2.24, 2.45) is 0 Å². The summed E-state index contributed by atoms with van der Waals surface area (Å²) < 4.78 is 63.8. The summed E-state index contributed by atoms with van der Waals surface area (Å²) in [5.74, 6) is -0.730. The van der Waals surface area contributed by atoms with Crippen LogP contribution in [0.2, 0.25) is 0 Å². The van der Waals surface area contributed by atoms with Crippen LogP contribution in [0.1, 0.15) is 38.5 Å². The standard InChI is InChI=1S/C25H34N4O7S3/c30-25(26-36-23-11-5-8-18-35-23)21-19-28(39(33,34)27-14-6-2-7-15-27)16-17-29(21)38(31,32)24-13-12-22(37-24)20-9-3-1-4-10-20/h1,3-4,9-10,12-13,21,23H,2,5-8,11,14-19H2,(H,26,30). The molecule has 3 aliphatic heterocycles. The number of amides is 1. The molecule has 2 unspecified atom stereocenters. The Labute approximate surface area is 233 Å². The van der Waals surface area contributed by atoms with Crippen LogP contribution >= 0.6 is 11.3 Å². The zero-order valence-corrected chi connectivity index (χ0v) is 24.1. The zero-order chi connectivity index (χ0) is 27.5. The molecule has 2 aromatic rings. The number of rotatable bonds is 8. The van der Waals surface area contributed by atoms with Crippen LogP contribution in [0.5, 0.6) is 0 Å². The molecular weight excluding hydrogens is 564 g/mol. The Morgan fingerprint density at radius 1 is 0.897 bits per heavy atom. The van der Waals surface area contributed by atoms with Crippen molar-refractivity contribution in [1.82, 2.24) is 18.4 Å². The van der Waals surface area contributed by atoms with Gasteiger partial charge in [0, 0.05) is 50.6 Å². The number of sulfonamides is 1. The quantitative estimate of drug-likeness (QED) is 0.463. The molecule has 5 rings (SSSR count). The van der Waals surface area contributed by atoms with Crippen molar-refractivity contribution in [2.75, 3.05) is 39.3 Å². The Morgan fingerprint density at radius 2 is 1.67 bits per heavy atom. The van der Waals surface area contributed by atoms with Crippen LogP contribution in [-0.4, -0.2) is 87.3 Å². The maximum absolute atomic E-state index is 13.8. The molecule has 3 aliphatic rings. The van der Waals surface area contributed by atoms with Gasteiger partial charge in [0.1, 0.15) is 10.3 Å². The minimum absolute atomic E-state index is 0.0502. The van der Waals surface area contributed by atoms with E-state index in [1.807, 2.05) is 30.3 Å².